The van der Waals surface area contributed by atoms with Crippen molar-refractivity contribution in [1.29, 1.82) is 0 Å². The maximum atomic E-state index is 13.6. The van der Waals surface area contributed by atoms with Crippen molar-refractivity contribution in [3.8, 4) is 0 Å². The van der Waals surface area contributed by atoms with Gasteiger partial charge in [-0.1, -0.05) is 41.9 Å². The number of carboxylic acids is 1. The summed E-state index contributed by atoms with van der Waals surface area (Å²) >= 11 is 6.40. The first-order valence-electron chi connectivity index (χ1n) is 10.9. The van der Waals surface area contributed by atoms with Crippen LogP contribution in [0, 0.1) is 5.92 Å². The molecule has 2 atom stereocenters. The molecule has 0 bridgehead atoms. The smallest absolute Gasteiger partial charge is 0.326 e. The van der Waals surface area contributed by atoms with Gasteiger partial charge >= 0.3 is 5.97 Å². The Morgan fingerprint density at radius 3 is 2.44 bits per heavy atom. The number of para-hydroxylation sites is 2. The third-order valence-corrected chi connectivity index (χ3v) is 6.93. The largest absolute Gasteiger partial charge is 0.480 e. The van der Waals surface area contributed by atoms with E-state index in [1.54, 1.807) is 11.0 Å². The Kier molecular flexibility index (Phi) is 5.51. The molecule has 2 saturated heterocycles. The molecule has 1 N–H and O–H groups in total. The third kappa shape index (κ3) is 3.71. The van der Waals surface area contributed by atoms with Crippen LogP contribution < -0.4 is 4.90 Å². The number of aliphatic carboxylic acids is 1. The number of benzene rings is 2. The zero-order chi connectivity index (χ0) is 22.2. The highest BCUT2D eigenvalue weighted by atomic mass is 35.5. The number of oxazole rings is 1. The minimum atomic E-state index is -0.961. The molecule has 3 aromatic rings. The van der Waals surface area contributed by atoms with Crippen LogP contribution in [0.1, 0.15) is 37.3 Å². The number of carbonyl (C=O) groups excluding carboxylic acids is 1. The van der Waals surface area contributed by atoms with Gasteiger partial charge in [-0.3, -0.25) is 4.79 Å². The molecule has 0 aliphatic carbocycles. The molecule has 2 aromatic carbocycles. The van der Waals surface area contributed by atoms with Gasteiger partial charge in [-0.15, -0.1) is 0 Å². The van der Waals surface area contributed by atoms with E-state index in [2.05, 4.69) is 4.98 Å². The van der Waals surface area contributed by atoms with Crippen molar-refractivity contribution in [2.75, 3.05) is 18.0 Å². The van der Waals surface area contributed by atoms with Crippen molar-refractivity contribution in [2.24, 2.45) is 5.92 Å². The molecule has 0 radical (unpaired) electrons. The summed E-state index contributed by atoms with van der Waals surface area (Å²) in [7, 11) is 0. The summed E-state index contributed by atoms with van der Waals surface area (Å²) in [5.74, 6) is -1.30. The van der Waals surface area contributed by atoms with Crippen molar-refractivity contribution in [2.45, 2.75) is 37.8 Å². The number of anilines is 1. The lowest BCUT2D eigenvalue weighted by molar-refractivity contribution is -0.152. The highest BCUT2D eigenvalue weighted by molar-refractivity contribution is 6.31. The van der Waals surface area contributed by atoms with Crippen LogP contribution in [-0.2, 0) is 9.59 Å². The van der Waals surface area contributed by atoms with Gasteiger partial charge in [0.15, 0.2) is 5.58 Å². The van der Waals surface area contributed by atoms with E-state index in [1.807, 2.05) is 47.4 Å². The number of rotatable bonds is 4. The van der Waals surface area contributed by atoms with Gasteiger partial charge in [-0.25, -0.2) is 4.79 Å². The molecule has 8 heteroatoms. The number of amides is 1. The monoisotopic (exact) mass is 453 g/mol. The van der Waals surface area contributed by atoms with Crippen LogP contribution in [0.5, 0.6) is 0 Å². The Balaban J connectivity index is 1.33. The fourth-order valence-corrected chi connectivity index (χ4v) is 5.20. The van der Waals surface area contributed by atoms with Gasteiger partial charge in [0.25, 0.3) is 6.01 Å². The predicted molar refractivity (Wildman–Crippen MR) is 121 cm³/mol. The number of likely N-dealkylation sites (tertiary alicyclic amines) is 1. The SMILES string of the molecule is O=C(O)C1CCC(c2ccccc2Cl)N1C(=O)C1CCN(c2nc3ccccc3o2)CC1. The molecular weight excluding hydrogens is 430 g/mol. The van der Waals surface area contributed by atoms with Gasteiger partial charge in [0, 0.05) is 24.0 Å². The Bertz CT molecular complexity index is 1120. The third-order valence-electron chi connectivity index (χ3n) is 6.59. The number of halogens is 1. The van der Waals surface area contributed by atoms with E-state index in [-0.39, 0.29) is 17.9 Å². The van der Waals surface area contributed by atoms with Gasteiger partial charge in [-0.05, 0) is 49.4 Å². The number of carbonyl (C=O) groups is 2. The maximum Gasteiger partial charge on any atom is 0.326 e. The van der Waals surface area contributed by atoms with E-state index in [4.69, 9.17) is 16.0 Å². The Morgan fingerprint density at radius 2 is 1.72 bits per heavy atom. The predicted octanol–water partition coefficient (Wildman–Crippen LogP) is 4.51. The topological polar surface area (TPSA) is 86.9 Å². The van der Waals surface area contributed by atoms with Gasteiger partial charge in [-0.2, -0.15) is 4.98 Å². The Labute approximate surface area is 190 Å². The molecule has 2 fully saturated rings. The second-order valence-electron chi connectivity index (χ2n) is 8.44. The average molecular weight is 454 g/mol. The van der Waals surface area contributed by atoms with E-state index in [0.717, 1.165) is 16.7 Å². The Hall–Kier alpha value is -3.06. The number of nitrogens with zero attached hydrogens (tertiary/aromatic N) is 3. The highest BCUT2D eigenvalue weighted by Gasteiger charge is 2.44. The van der Waals surface area contributed by atoms with Crippen LogP contribution in [-0.4, -0.2) is 46.0 Å². The molecule has 2 unspecified atom stereocenters. The summed E-state index contributed by atoms with van der Waals surface area (Å²) in [6, 6.07) is 14.4. The lowest BCUT2D eigenvalue weighted by atomic mass is 9.94. The molecule has 2 aliphatic heterocycles. The first-order valence-corrected chi connectivity index (χ1v) is 11.3. The molecule has 3 heterocycles. The van der Waals surface area contributed by atoms with Crippen LogP contribution in [0.4, 0.5) is 6.01 Å². The minimum absolute atomic E-state index is 0.1000. The molecule has 1 amide bonds. The van der Waals surface area contributed by atoms with Crippen molar-refractivity contribution < 1.29 is 19.1 Å². The van der Waals surface area contributed by atoms with Gasteiger partial charge in [0.1, 0.15) is 11.6 Å². The summed E-state index contributed by atoms with van der Waals surface area (Å²) in [6.07, 6.45) is 2.26. The Morgan fingerprint density at radius 1 is 1.00 bits per heavy atom. The molecular formula is C24H24ClN3O4. The number of carboxylic acid groups (broad SMARTS) is 1. The minimum Gasteiger partial charge on any atom is -0.480 e. The van der Waals surface area contributed by atoms with E-state index < -0.39 is 12.0 Å². The highest BCUT2D eigenvalue weighted by Crippen LogP contribution is 2.41. The van der Waals surface area contributed by atoms with Crippen LogP contribution in [0.3, 0.4) is 0 Å². The van der Waals surface area contributed by atoms with Gasteiger partial charge in [0.2, 0.25) is 5.91 Å². The number of aromatic nitrogens is 1. The standard InChI is InChI=1S/C24H24ClN3O4/c25-17-6-2-1-5-16(17)19-9-10-20(23(30)31)28(19)22(29)15-11-13-27(14-12-15)24-26-18-7-3-4-8-21(18)32-24/h1-8,15,19-20H,9-14H2,(H,30,31). The quantitative estimate of drug-likeness (QED) is 0.625. The zero-order valence-electron chi connectivity index (χ0n) is 17.5. The van der Waals surface area contributed by atoms with Crippen molar-refractivity contribution in [3.63, 3.8) is 0 Å². The first-order chi connectivity index (χ1) is 15.5. The number of hydrogen-bond donors (Lipinski definition) is 1. The molecule has 2 aliphatic rings. The summed E-state index contributed by atoms with van der Waals surface area (Å²) < 4.78 is 5.87. The van der Waals surface area contributed by atoms with Crippen molar-refractivity contribution in [1.82, 2.24) is 9.88 Å². The van der Waals surface area contributed by atoms with E-state index in [0.29, 0.717) is 49.8 Å². The lowest BCUT2D eigenvalue weighted by Crippen LogP contribution is -2.47. The zero-order valence-corrected chi connectivity index (χ0v) is 18.2. The lowest BCUT2D eigenvalue weighted by Gasteiger charge is -2.36. The summed E-state index contributed by atoms with van der Waals surface area (Å²) in [6.45, 7) is 1.26. The summed E-state index contributed by atoms with van der Waals surface area (Å²) in [5, 5.41) is 10.3. The second-order valence-corrected chi connectivity index (χ2v) is 8.85. The maximum absolute atomic E-state index is 13.6. The van der Waals surface area contributed by atoms with Crippen LogP contribution in [0.25, 0.3) is 11.1 Å². The number of fused-ring (bicyclic) bond motifs is 1. The van der Waals surface area contributed by atoms with E-state index in [9.17, 15) is 14.7 Å². The molecule has 32 heavy (non-hydrogen) atoms. The molecule has 0 spiro atoms. The normalized spacial score (nSPS) is 21.9. The van der Waals surface area contributed by atoms with Crippen molar-refractivity contribution in [3.05, 3.63) is 59.1 Å². The molecule has 166 valence electrons. The van der Waals surface area contributed by atoms with Crippen LogP contribution in [0.2, 0.25) is 5.02 Å². The van der Waals surface area contributed by atoms with Gasteiger partial charge < -0.3 is 19.3 Å². The number of hydrogen-bond acceptors (Lipinski definition) is 5. The summed E-state index contributed by atoms with van der Waals surface area (Å²) in [4.78, 5) is 33.7. The average Bonchev–Trinajstić information content (AvgIpc) is 3.44. The van der Waals surface area contributed by atoms with Gasteiger partial charge in [0.05, 0.1) is 6.04 Å². The number of piperidine rings is 1. The molecule has 7 nitrogen and oxygen atoms in total. The second kappa shape index (κ2) is 8.47. The molecule has 5 rings (SSSR count). The molecule has 1 aromatic heterocycles. The van der Waals surface area contributed by atoms with Crippen LogP contribution >= 0.6 is 11.6 Å². The summed E-state index contributed by atoms with van der Waals surface area (Å²) in [5.41, 5.74) is 2.37. The fraction of sp³-hybridized carbons (Fsp3) is 0.375. The first kappa shape index (κ1) is 20.8. The molecule has 0 saturated carbocycles. The van der Waals surface area contributed by atoms with Crippen LogP contribution in [0.15, 0.2) is 52.9 Å². The van der Waals surface area contributed by atoms with E-state index in [1.165, 1.54) is 0 Å². The van der Waals surface area contributed by atoms with E-state index >= 15 is 0 Å². The van der Waals surface area contributed by atoms with Crippen molar-refractivity contribution >= 4 is 40.6 Å². The fourth-order valence-electron chi connectivity index (χ4n) is 4.94.